The number of nitrogens with zero attached hydrogens (tertiary/aromatic N) is 7. The van der Waals surface area contributed by atoms with Crippen LogP contribution in [0.1, 0.15) is 85.9 Å². The van der Waals surface area contributed by atoms with Crippen molar-refractivity contribution in [2.24, 2.45) is 0 Å². The lowest BCUT2D eigenvalue weighted by Crippen LogP contribution is -2.20. The van der Waals surface area contributed by atoms with Gasteiger partial charge in [-0.15, -0.1) is 0 Å². The first-order valence-electron chi connectivity index (χ1n) is 13.1. The van der Waals surface area contributed by atoms with Crippen LogP contribution in [0.15, 0.2) is 30.6 Å². The molecule has 1 aliphatic carbocycles. The van der Waals surface area contributed by atoms with Crippen molar-refractivity contribution in [2.45, 2.75) is 76.9 Å². The summed E-state index contributed by atoms with van der Waals surface area (Å²) in [5, 5.41) is 14.0. The molecular formula is C29H30FN7O. The van der Waals surface area contributed by atoms with E-state index in [4.69, 9.17) is 24.7 Å². The van der Waals surface area contributed by atoms with Gasteiger partial charge in [0.15, 0.2) is 5.65 Å². The molecule has 3 aromatic heterocycles. The molecule has 0 amide bonds. The molecule has 6 rings (SSSR count). The SMILES string of the molecule is Cc1nc2nc([C@H]3CCO[C@@H](c4cnn(C5CC5)c4)C3)nc(-c3ccc(C(C)(C)C#N)cc3F)c2nc1C. The van der Waals surface area contributed by atoms with Crippen molar-refractivity contribution in [2.75, 3.05) is 6.61 Å². The smallest absolute Gasteiger partial charge is 0.182 e. The maximum absolute atomic E-state index is 15.6. The minimum Gasteiger partial charge on any atom is -0.373 e. The second kappa shape index (κ2) is 9.21. The summed E-state index contributed by atoms with van der Waals surface area (Å²) in [6.45, 7) is 7.88. The fourth-order valence-electron chi connectivity index (χ4n) is 4.98. The van der Waals surface area contributed by atoms with Crippen molar-refractivity contribution >= 4 is 11.2 Å². The summed E-state index contributed by atoms with van der Waals surface area (Å²) < 4.78 is 23.7. The van der Waals surface area contributed by atoms with Crippen molar-refractivity contribution in [1.82, 2.24) is 29.7 Å². The molecule has 4 aromatic rings. The molecule has 194 valence electrons. The average Bonchev–Trinajstić information content (AvgIpc) is 3.65. The number of rotatable bonds is 5. The third kappa shape index (κ3) is 4.43. The molecule has 38 heavy (non-hydrogen) atoms. The molecule has 0 N–H and O–H groups in total. The van der Waals surface area contributed by atoms with Crippen LogP contribution in [-0.2, 0) is 10.2 Å². The molecule has 8 nitrogen and oxygen atoms in total. The minimum atomic E-state index is -0.809. The van der Waals surface area contributed by atoms with E-state index in [1.807, 2.05) is 24.7 Å². The van der Waals surface area contributed by atoms with Crippen LogP contribution < -0.4 is 0 Å². The highest BCUT2D eigenvalue weighted by atomic mass is 19.1. The Bertz CT molecular complexity index is 1580. The maximum Gasteiger partial charge on any atom is 0.182 e. The Balaban J connectivity index is 1.41. The number of aromatic nitrogens is 6. The number of halogens is 1. The molecule has 2 aliphatic rings. The first-order chi connectivity index (χ1) is 18.2. The topological polar surface area (TPSA) is 102 Å². The van der Waals surface area contributed by atoms with Gasteiger partial charge in [-0.2, -0.15) is 10.4 Å². The van der Waals surface area contributed by atoms with E-state index in [0.29, 0.717) is 52.9 Å². The van der Waals surface area contributed by atoms with Crippen LogP contribution >= 0.6 is 0 Å². The van der Waals surface area contributed by atoms with Gasteiger partial charge in [0.2, 0.25) is 0 Å². The highest BCUT2D eigenvalue weighted by Gasteiger charge is 2.31. The van der Waals surface area contributed by atoms with Crippen molar-refractivity contribution in [1.29, 1.82) is 5.26 Å². The van der Waals surface area contributed by atoms with Gasteiger partial charge in [-0.3, -0.25) is 4.68 Å². The zero-order chi connectivity index (χ0) is 26.6. The summed E-state index contributed by atoms with van der Waals surface area (Å²) in [5.41, 5.74) is 4.06. The lowest BCUT2D eigenvalue weighted by atomic mass is 9.85. The zero-order valence-corrected chi connectivity index (χ0v) is 22.1. The summed E-state index contributed by atoms with van der Waals surface area (Å²) in [6.07, 6.45) is 7.71. The van der Waals surface area contributed by atoms with Crippen molar-refractivity contribution in [3.63, 3.8) is 0 Å². The number of hydrogen-bond donors (Lipinski definition) is 0. The quantitative estimate of drug-likeness (QED) is 0.333. The molecule has 0 radical (unpaired) electrons. The Kier molecular flexibility index (Phi) is 5.95. The molecule has 1 aromatic carbocycles. The fourth-order valence-corrected chi connectivity index (χ4v) is 4.98. The number of nitriles is 1. The number of benzene rings is 1. The van der Waals surface area contributed by atoms with E-state index in [-0.39, 0.29) is 12.0 Å². The molecule has 0 unspecified atom stereocenters. The maximum atomic E-state index is 15.6. The van der Waals surface area contributed by atoms with Crippen molar-refractivity contribution in [3.8, 4) is 17.3 Å². The molecule has 1 saturated carbocycles. The number of hydrogen-bond acceptors (Lipinski definition) is 7. The molecule has 0 bridgehead atoms. The van der Waals surface area contributed by atoms with Gasteiger partial charge in [0.25, 0.3) is 0 Å². The zero-order valence-electron chi connectivity index (χ0n) is 22.1. The molecule has 0 spiro atoms. The van der Waals surface area contributed by atoms with Crippen LogP contribution in [0.5, 0.6) is 0 Å². The van der Waals surface area contributed by atoms with E-state index in [1.165, 1.54) is 18.9 Å². The van der Waals surface area contributed by atoms with Crippen LogP contribution in [0, 0.1) is 31.0 Å². The number of aryl methyl sites for hydroxylation is 2. The third-order valence-corrected chi connectivity index (χ3v) is 7.75. The molecule has 1 aliphatic heterocycles. The van der Waals surface area contributed by atoms with Crippen LogP contribution in [0.4, 0.5) is 4.39 Å². The summed E-state index contributed by atoms with van der Waals surface area (Å²) in [7, 11) is 0. The van der Waals surface area contributed by atoms with E-state index in [9.17, 15) is 5.26 Å². The van der Waals surface area contributed by atoms with Gasteiger partial charge in [0.1, 0.15) is 22.9 Å². The van der Waals surface area contributed by atoms with Gasteiger partial charge in [-0.05, 0) is 71.1 Å². The Morgan fingerprint density at radius 3 is 2.61 bits per heavy atom. The van der Waals surface area contributed by atoms with E-state index in [2.05, 4.69) is 17.4 Å². The summed E-state index contributed by atoms with van der Waals surface area (Å²) >= 11 is 0. The third-order valence-electron chi connectivity index (χ3n) is 7.75. The monoisotopic (exact) mass is 511 g/mol. The second-order valence-electron chi connectivity index (χ2n) is 11.0. The largest absolute Gasteiger partial charge is 0.373 e. The molecule has 4 heterocycles. The summed E-state index contributed by atoms with van der Waals surface area (Å²) in [6, 6.07) is 7.64. The van der Waals surface area contributed by atoms with Gasteiger partial charge in [-0.25, -0.2) is 24.3 Å². The molecule has 9 heteroatoms. The van der Waals surface area contributed by atoms with E-state index in [1.54, 1.807) is 26.0 Å². The predicted molar refractivity (Wildman–Crippen MR) is 140 cm³/mol. The average molecular weight is 512 g/mol. The van der Waals surface area contributed by atoms with E-state index in [0.717, 1.165) is 23.4 Å². The molecule has 1 saturated heterocycles. The predicted octanol–water partition coefficient (Wildman–Crippen LogP) is 5.81. The molecule has 2 fully saturated rings. The van der Waals surface area contributed by atoms with Crippen molar-refractivity contribution in [3.05, 3.63) is 64.7 Å². The summed E-state index contributed by atoms with van der Waals surface area (Å²) in [5.74, 6) is 0.187. The molecular weight excluding hydrogens is 481 g/mol. The summed E-state index contributed by atoms with van der Waals surface area (Å²) in [4.78, 5) is 19.2. The van der Waals surface area contributed by atoms with Gasteiger partial charge in [0.05, 0.1) is 41.2 Å². The van der Waals surface area contributed by atoms with Crippen LogP contribution in [0.25, 0.3) is 22.4 Å². The first kappa shape index (κ1) is 24.6. The van der Waals surface area contributed by atoms with Crippen LogP contribution in [0.2, 0.25) is 0 Å². The Morgan fingerprint density at radius 2 is 1.87 bits per heavy atom. The van der Waals surface area contributed by atoms with E-state index >= 15 is 4.39 Å². The fraction of sp³-hybridized carbons (Fsp3) is 0.448. The number of fused-ring (bicyclic) bond motifs is 1. The lowest BCUT2D eigenvalue weighted by molar-refractivity contribution is 0.00396. The van der Waals surface area contributed by atoms with E-state index < -0.39 is 11.2 Å². The standard InChI is InChI=1S/C29H30FN7O/c1-16-17(2)34-28-26(33-16)25(22-8-5-20(12-23(22)30)29(3,4)15-31)35-27(36-28)18-9-10-38-24(11-18)19-13-32-37(14-19)21-6-7-21/h5,8,12-14,18,21,24H,6-7,9-11H2,1-4H3/t18-,24+/m0/s1. The van der Waals surface area contributed by atoms with Crippen LogP contribution in [0.3, 0.4) is 0 Å². The molecule has 2 atom stereocenters. The van der Waals surface area contributed by atoms with Crippen molar-refractivity contribution < 1.29 is 9.13 Å². The Labute approximate surface area is 220 Å². The highest BCUT2D eigenvalue weighted by Crippen LogP contribution is 2.40. The Morgan fingerprint density at radius 1 is 1.08 bits per heavy atom. The van der Waals surface area contributed by atoms with Gasteiger partial charge < -0.3 is 4.74 Å². The lowest BCUT2D eigenvalue weighted by Gasteiger charge is -2.28. The first-order valence-corrected chi connectivity index (χ1v) is 13.1. The number of ether oxygens (including phenoxy) is 1. The van der Waals surface area contributed by atoms with Gasteiger partial charge in [0, 0.05) is 29.8 Å². The van der Waals surface area contributed by atoms with Crippen LogP contribution in [-0.4, -0.2) is 36.3 Å². The minimum absolute atomic E-state index is 0.0180. The van der Waals surface area contributed by atoms with Gasteiger partial charge in [-0.1, -0.05) is 6.07 Å². The normalized spacial score (nSPS) is 20.0. The highest BCUT2D eigenvalue weighted by molar-refractivity contribution is 5.87. The van der Waals surface area contributed by atoms with Gasteiger partial charge >= 0.3 is 0 Å². The Hall–Kier alpha value is -3.77. The second-order valence-corrected chi connectivity index (χ2v) is 11.0.